The number of hydrogen-bond donors (Lipinski definition) is 10. The van der Waals surface area contributed by atoms with Crippen molar-refractivity contribution in [3.8, 4) is 0 Å². The number of hydrogen-bond acceptors (Lipinski definition) is 8. The van der Waals surface area contributed by atoms with Crippen molar-refractivity contribution in [1.82, 2.24) is 36.6 Å². The molecule has 0 aliphatic heterocycles. The highest BCUT2D eigenvalue weighted by atomic mass is 16.4. The van der Waals surface area contributed by atoms with Gasteiger partial charge in [0.2, 0.25) is 29.5 Å². The van der Waals surface area contributed by atoms with E-state index in [1.165, 1.54) is 0 Å². The van der Waals surface area contributed by atoms with Gasteiger partial charge in [-0.15, -0.1) is 0 Å². The Morgan fingerprint density at radius 1 is 0.612 bits per heavy atom. The summed E-state index contributed by atoms with van der Waals surface area (Å²) >= 11 is 0. The molecule has 362 valence electrons. The quantitative estimate of drug-likeness (QED) is 0.0488. The minimum Gasteiger partial charge on any atom is -0.481 e. The summed E-state index contributed by atoms with van der Waals surface area (Å²) in [6.07, 6.45) is 9.28. The van der Waals surface area contributed by atoms with Gasteiger partial charge in [0.25, 0.3) is 0 Å². The number of carboxylic acid groups (broad SMARTS) is 2. The summed E-state index contributed by atoms with van der Waals surface area (Å²) in [5, 5.41) is 35.6. The minimum atomic E-state index is -1.18. The van der Waals surface area contributed by atoms with E-state index in [2.05, 4.69) is 36.6 Å². The third-order valence-corrected chi connectivity index (χ3v) is 13.5. The summed E-state index contributed by atoms with van der Waals surface area (Å²) in [6.45, 7) is 3.84. The molecule has 6 rings (SSSR count). The van der Waals surface area contributed by atoms with Crippen LogP contribution in [0.15, 0.2) is 60.9 Å². The van der Waals surface area contributed by atoms with Gasteiger partial charge >= 0.3 is 11.9 Å². The number of aliphatic carboxylic acids is 2. The molecule has 2 aromatic heterocycles. The Morgan fingerprint density at radius 3 is 1.69 bits per heavy atom. The van der Waals surface area contributed by atoms with E-state index in [-0.39, 0.29) is 80.0 Å². The Hall–Kier alpha value is -6.23. The molecule has 0 spiro atoms. The van der Waals surface area contributed by atoms with Crippen molar-refractivity contribution in [3.05, 3.63) is 72.1 Å². The van der Waals surface area contributed by atoms with Crippen molar-refractivity contribution >= 4 is 63.3 Å². The molecule has 2 saturated carbocycles. The third-order valence-electron chi connectivity index (χ3n) is 13.5. The van der Waals surface area contributed by atoms with Gasteiger partial charge in [-0.3, -0.25) is 33.6 Å². The molecular weight excluding hydrogens is 857 g/mol. The zero-order chi connectivity index (χ0) is 48.0. The van der Waals surface area contributed by atoms with Gasteiger partial charge in [0.05, 0.1) is 18.3 Å². The van der Waals surface area contributed by atoms with Gasteiger partial charge in [-0.1, -0.05) is 75.9 Å². The molecule has 2 aromatic carbocycles. The number of aromatic nitrogens is 2. The molecule has 4 aromatic rings. The molecule has 0 radical (unpaired) electrons. The van der Waals surface area contributed by atoms with E-state index >= 15 is 0 Å². The molecule has 2 aliphatic carbocycles. The summed E-state index contributed by atoms with van der Waals surface area (Å²) in [5.74, 6) is -5.00. The normalized spacial score (nSPS) is 20.3. The first kappa shape index (κ1) is 50.2. The van der Waals surface area contributed by atoms with Gasteiger partial charge in [-0.2, -0.15) is 0 Å². The van der Waals surface area contributed by atoms with E-state index in [1.807, 2.05) is 74.8 Å². The zero-order valence-corrected chi connectivity index (χ0v) is 38.6. The zero-order valence-electron chi connectivity index (χ0n) is 38.6. The molecule has 67 heavy (non-hydrogen) atoms. The van der Waals surface area contributed by atoms with Gasteiger partial charge < -0.3 is 52.5 Å². The highest BCUT2D eigenvalue weighted by molar-refractivity contribution is 5.87. The maximum Gasteiger partial charge on any atom is 0.305 e. The van der Waals surface area contributed by atoms with Crippen LogP contribution < -0.4 is 32.3 Å². The number of carboxylic acids is 2. The number of nitrogens with two attached hydrogens (primary N) is 1. The molecule has 5 amide bonds. The smallest absolute Gasteiger partial charge is 0.305 e. The first-order valence-corrected chi connectivity index (χ1v) is 23.9. The Labute approximate surface area is 390 Å². The van der Waals surface area contributed by atoms with Crippen LogP contribution in [0.3, 0.4) is 0 Å². The fraction of sp³-hybridized carbons (Fsp3) is 0.540. The molecule has 2 heterocycles. The fourth-order valence-corrected chi connectivity index (χ4v) is 9.85. The van der Waals surface area contributed by atoms with Crippen molar-refractivity contribution in [2.45, 2.75) is 153 Å². The number of aromatic amines is 2. The largest absolute Gasteiger partial charge is 0.481 e. The lowest BCUT2D eigenvalue weighted by Crippen LogP contribution is -2.52. The molecular formula is C50H68N8O9. The predicted molar refractivity (Wildman–Crippen MR) is 253 cm³/mol. The molecule has 2 aliphatic rings. The Morgan fingerprint density at radius 2 is 1.13 bits per heavy atom. The molecule has 11 N–H and O–H groups in total. The average molecular weight is 925 g/mol. The van der Waals surface area contributed by atoms with Crippen LogP contribution in [-0.2, 0) is 46.4 Å². The summed E-state index contributed by atoms with van der Waals surface area (Å²) in [7, 11) is 0. The predicted octanol–water partition coefficient (Wildman–Crippen LogP) is 4.73. The Balaban J connectivity index is 1.10. The lowest BCUT2D eigenvalue weighted by molar-refractivity contribution is -0.140. The highest BCUT2D eigenvalue weighted by Gasteiger charge is 2.35. The number of nitrogens with one attached hydrogen (secondary N) is 7. The Bertz CT molecular complexity index is 2360. The van der Waals surface area contributed by atoms with Crippen molar-refractivity contribution in [1.29, 1.82) is 0 Å². The first-order valence-electron chi connectivity index (χ1n) is 23.9. The van der Waals surface area contributed by atoms with Gasteiger partial charge in [0.1, 0.15) is 0 Å². The Kier molecular flexibility index (Phi) is 18.0. The van der Waals surface area contributed by atoms with Crippen LogP contribution in [0.2, 0.25) is 0 Å². The van der Waals surface area contributed by atoms with Crippen molar-refractivity contribution in [3.63, 3.8) is 0 Å². The second-order valence-electron chi connectivity index (χ2n) is 19.0. The lowest BCUT2D eigenvalue weighted by Gasteiger charge is -2.33. The van der Waals surface area contributed by atoms with E-state index in [0.29, 0.717) is 25.7 Å². The maximum atomic E-state index is 14.2. The van der Waals surface area contributed by atoms with Crippen LogP contribution in [0.1, 0.15) is 115 Å². The summed E-state index contributed by atoms with van der Waals surface area (Å²) < 4.78 is 0. The SMILES string of the molecule is CC(C)[C@@H](CC(=O)N[C@@H]1CCCC[C@H]1C(=O)N[C@H](CC(=O)N[C@@H](CCC(=O)O)CC(=O)O)Cc1c[nH]c2ccccc12)NC(=O)C[C@H](Cc1c[nH]c2ccccc12)NC(=O)[C@@H]1CCCC[C@H]1N. The van der Waals surface area contributed by atoms with Crippen LogP contribution in [0.4, 0.5) is 0 Å². The molecule has 2 fully saturated rings. The molecule has 0 unspecified atom stereocenters. The summed E-state index contributed by atoms with van der Waals surface area (Å²) in [4.78, 5) is 98.3. The number of carbonyl (C=O) groups is 7. The number of H-pyrrole nitrogens is 2. The van der Waals surface area contributed by atoms with E-state index in [4.69, 9.17) is 5.73 Å². The monoisotopic (exact) mass is 925 g/mol. The van der Waals surface area contributed by atoms with Crippen LogP contribution >= 0.6 is 0 Å². The standard InChI is InChI=1S/C50H68N8O9/c1-29(2)43(58-45(60)24-34(55-49(66)37-13-3-7-15-39(37)51)22-31-28-53-41-17-9-5-12-36(31)41)26-46(61)57-42-18-10-6-14-38(42)50(67)56-33(21-30-27-52-40-16-8-4-11-35(30)40)23-44(59)54-32(25-48(64)65)19-20-47(62)63/h4-5,8-9,11-12,16-17,27-29,32-34,37-39,42-43,52-53H,3,6-7,10,13-15,18-26,51H2,1-2H3,(H,54,59)(H,55,66)(H,56,67)(H,57,61)(H,58,60)(H,62,63)(H,64,65)/t32-,33-,34-,37+,38+,39+,42+,43+/m0/s1. The minimum absolute atomic E-state index is 0.0107. The van der Waals surface area contributed by atoms with Crippen LogP contribution in [-0.4, -0.2) is 97.9 Å². The molecule has 8 atom stereocenters. The summed E-state index contributed by atoms with van der Waals surface area (Å²) in [5.41, 5.74) is 10.0. The van der Waals surface area contributed by atoms with Crippen LogP contribution in [0.25, 0.3) is 21.8 Å². The summed E-state index contributed by atoms with van der Waals surface area (Å²) in [6, 6.07) is 12.0. The highest BCUT2D eigenvalue weighted by Crippen LogP contribution is 2.28. The van der Waals surface area contributed by atoms with Gasteiger partial charge in [0.15, 0.2) is 0 Å². The van der Waals surface area contributed by atoms with E-state index < -0.39 is 60.4 Å². The van der Waals surface area contributed by atoms with Crippen LogP contribution in [0.5, 0.6) is 0 Å². The number of fused-ring (bicyclic) bond motifs is 2. The van der Waals surface area contributed by atoms with Crippen molar-refractivity contribution < 1.29 is 43.8 Å². The second-order valence-corrected chi connectivity index (χ2v) is 19.0. The second kappa shape index (κ2) is 24.0. The topological polar surface area (TPSA) is 278 Å². The van der Waals surface area contributed by atoms with E-state index in [1.54, 1.807) is 0 Å². The maximum absolute atomic E-state index is 14.2. The number of rotatable bonds is 23. The number of carbonyl (C=O) groups excluding carboxylic acids is 5. The fourth-order valence-electron chi connectivity index (χ4n) is 9.85. The first-order chi connectivity index (χ1) is 32.1. The molecule has 0 saturated heterocycles. The van der Waals surface area contributed by atoms with E-state index in [9.17, 15) is 43.8 Å². The molecule has 17 heteroatoms. The van der Waals surface area contributed by atoms with Crippen molar-refractivity contribution in [2.24, 2.45) is 23.5 Å². The van der Waals surface area contributed by atoms with E-state index in [0.717, 1.165) is 65.0 Å². The van der Waals surface area contributed by atoms with Crippen LogP contribution in [0, 0.1) is 17.8 Å². The molecule has 17 nitrogen and oxygen atoms in total. The van der Waals surface area contributed by atoms with Gasteiger partial charge in [0, 0.05) is 96.1 Å². The number of para-hydroxylation sites is 2. The lowest BCUT2D eigenvalue weighted by atomic mass is 9.83. The van der Waals surface area contributed by atoms with Gasteiger partial charge in [-0.25, -0.2) is 0 Å². The van der Waals surface area contributed by atoms with Gasteiger partial charge in [-0.05, 0) is 74.1 Å². The molecule has 0 bridgehead atoms. The number of amides is 5. The van der Waals surface area contributed by atoms with Crippen molar-refractivity contribution in [2.75, 3.05) is 0 Å². The average Bonchev–Trinajstić information content (AvgIpc) is 3.88. The third kappa shape index (κ3) is 14.6. The number of benzene rings is 2.